The van der Waals surface area contributed by atoms with E-state index in [4.69, 9.17) is 10.8 Å². The highest BCUT2D eigenvalue weighted by atomic mass is 16.4. The number of allylic oxidation sites excluding steroid dienone is 1. The van der Waals surface area contributed by atoms with Crippen molar-refractivity contribution in [3.63, 3.8) is 0 Å². The van der Waals surface area contributed by atoms with E-state index in [9.17, 15) is 24.6 Å². The summed E-state index contributed by atoms with van der Waals surface area (Å²) in [5.74, 6) is -3.83. The first kappa shape index (κ1) is 23.1. The number of nitrogens with one attached hydrogen (secondary N) is 1. The number of fused-ring (bicyclic) bond motifs is 1. The van der Waals surface area contributed by atoms with E-state index in [2.05, 4.69) is 26.8 Å². The molecule has 6 N–H and O–H groups in total. The van der Waals surface area contributed by atoms with Crippen molar-refractivity contribution >= 4 is 34.8 Å². The number of rotatable bonds is 9. The van der Waals surface area contributed by atoms with Crippen LogP contribution < -0.4 is 11.1 Å². The van der Waals surface area contributed by atoms with Gasteiger partial charge in [-0.3, -0.25) is 9.59 Å². The fraction of sp³-hybridized carbons (Fsp3) is 0.182. The molecular weight excluding hydrogens is 430 g/mol. The number of nitrogen functional groups attached to an aromatic ring is 1. The lowest BCUT2D eigenvalue weighted by molar-refractivity contribution is -0.140. The minimum Gasteiger partial charge on any atom is -0.493 e. The number of carboxylic acids is 2. The van der Waals surface area contributed by atoms with Crippen LogP contribution in [0.15, 0.2) is 49.2 Å². The van der Waals surface area contributed by atoms with Gasteiger partial charge in [0.15, 0.2) is 5.65 Å². The molecule has 0 aliphatic heterocycles. The quantitative estimate of drug-likeness (QED) is 0.299. The van der Waals surface area contributed by atoms with Crippen LogP contribution in [0.1, 0.15) is 40.2 Å². The van der Waals surface area contributed by atoms with Gasteiger partial charge in [0.05, 0.1) is 5.39 Å². The minimum absolute atomic E-state index is 0.0949. The number of pyridine rings is 1. The second kappa shape index (κ2) is 9.73. The molecule has 0 saturated heterocycles. The molecule has 11 heteroatoms. The van der Waals surface area contributed by atoms with Crippen molar-refractivity contribution in [1.82, 2.24) is 20.3 Å². The fourth-order valence-electron chi connectivity index (χ4n) is 3.27. The summed E-state index contributed by atoms with van der Waals surface area (Å²) in [6.45, 7) is 3.85. The van der Waals surface area contributed by atoms with E-state index in [1.807, 2.05) is 0 Å². The van der Waals surface area contributed by atoms with Crippen molar-refractivity contribution in [3.05, 3.63) is 65.9 Å². The SMILES string of the molecule is C=CC(c1ccc(C(=O)N[C@@H](CCC(=O)O)C(=O)O)cc1)c1cnc2nc(N)nc(O)c2c1. The summed E-state index contributed by atoms with van der Waals surface area (Å²) in [4.78, 5) is 46.3. The molecule has 2 aromatic heterocycles. The topological polar surface area (TPSA) is 189 Å². The molecule has 0 bridgehead atoms. The molecule has 0 fully saturated rings. The second-order valence-corrected chi connectivity index (χ2v) is 7.18. The number of carbonyl (C=O) groups excluding carboxylic acids is 1. The van der Waals surface area contributed by atoms with E-state index in [0.29, 0.717) is 10.9 Å². The lowest BCUT2D eigenvalue weighted by atomic mass is 9.91. The first-order chi connectivity index (χ1) is 15.7. The maximum absolute atomic E-state index is 12.4. The Morgan fingerprint density at radius 3 is 2.42 bits per heavy atom. The zero-order valence-electron chi connectivity index (χ0n) is 17.3. The van der Waals surface area contributed by atoms with E-state index in [1.165, 1.54) is 12.1 Å². The number of benzene rings is 1. The summed E-state index contributed by atoms with van der Waals surface area (Å²) < 4.78 is 0. The molecule has 11 nitrogen and oxygen atoms in total. The lowest BCUT2D eigenvalue weighted by Gasteiger charge is -2.16. The molecule has 1 amide bonds. The Labute approximate surface area is 187 Å². The number of carboxylic acid groups (broad SMARTS) is 2. The number of aromatic nitrogens is 3. The smallest absolute Gasteiger partial charge is 0.326 e. The number of nitrogens with two attached hydrogens (primary N) is 1. The van der Waals surface area contributed by atoms with Gasteiger partial charge in [-0.05, 0) is 35.7 Å². The van der Waals surface area contributed by atoms with Crippen molar-refractivity contribution in [2.75, 3.05) is 5.73 Å². The average molecular weight is 451 g/mol. The van der Waals surface area contributed by atoms with E-state index in [1.54, 1.807) is 30.5 Å². The Balaban J connectivity index is 1.81. The summed E-state index contributed by atoms with van der Waals surface area (Å²) in [6.07, 6.45) is 2.62. The Kier molecular flexibility index (Phi) is 6.82. The van der Waals surface area contributed by atoms with Crippen LogP contribution in [0.2, 0.25) is 0 Å². The monoisotopic (exact) mass is 451 g/mol. The molecule has 0 radical (unpaired) electrons. The number of aliphatic carboxylic acids is 2. The summed E-state index contributed by atoms with van der Waals surface area (Å²) in [5, 5.41) is 30.7. The summed E-state index contributed by atoms with van der Waals surface area (Å²) in [6, 6.07) is 6.75. The predicted octanol–water partition coefficient (Wildman–Crippen LogP) is 1.68. The van der Waals surface area contributed by atoms with Gasteiger partial charge in [0.2, 0.25) is 11.8 Å². The molecular formula is C22H21N5O6. The van der Waals surface area contributed by atoms with Crippen molar-refractivity contribution in [3.8, 4) is 5.88 Å². The maximum atomic E-state index is 12.4. The Morgan fingerprint density at radius 2 is 1.82 bits per heavy atom. The summed E-state index contributed by atoms with van der Waals surface area (Å²) in [5.41, 5.74) is 7.44. The van der Waals surface area contributed by atoms with Gasteiger partial charge in [-0.1, -0.05) is 18.2 Å². The van der Waals surface area contributed by atoms with Crippen LogP contribution in [-0.2, 0) is 9.59 Å². The zero-order valence-corrected chi connectivity index (χ0v) is 17.3. The predicted molar refractivity (Wildman–Crippen MR) is 118 cm³/mol. The van der Waals surface area contributed by atoms with Gasteiger partial charge in [-0.15, -0.1) is 6.58 Å². The zero-order chi connectivity index (χ0) is 24.1. The molecule has 33 heavy (non-hydrogen) atoms. The Bertz CT molecular complexity index is 1230. The fourth-order valence-corrected chi connectivity index (χ4v) is 3.27. The minimum atomic E-state index is -1.32. The van der Waals surface area contributed by atoms with E-state index < -0.39 is 23.9 Å². The summed E-state index contributed by atoms with van der Waals surface area (Å²) >= 11 is 0. The van der Waals surface area contributed by atoms with Crippen LogP contribution in [0.4, 0.5) is 5.95 Å². The van der Waals surface area contributed by atoms with Gasteiger partial charge < -0.3 is 26.4 Å². The van der Waals surface area contributed by atoms with Crippen LogP contribution in [0.25, 0.3) is 11.0 Å². The first-order valence-electron chi connectivity index (χ1n) is 9.79. The third kappa shape index (κ3) is 5.39. The Morgan fingerprint density at radius 1 is 1.12 bits per heavy atom. The van der Waals surface area contributed by atoms with Crippen molar-refractivity contribution in [1.29, 1.82) is 0 Å². The highest BCUT2D eigenvalue weighted by Crippen LogP contribution is 2.29. The van der Waals surface area contributed by atoms with Crippen molar-refractivity contribution in [2.24, 2.45) is 0 Å². The van der Waals surface area contributed by atoms with Gasteiger partial charge in [-0.2, -0.15) is 9.97 Å². The number of hydrogen-bond acceptors (Lipinski definition) is 8. The molecule has 0 aliphatic carbocycles. The van der Waals surface area contributed by atoms with E-state index >= 15 is 0 Å². The third-order valence-electron chi connectivity index (χ3n) is 4.95. The number of aromatic hydroxyl groups is 1. The van der Waals surface area contributed by atoms with Crippen LogP contribution >= 0.6 is 0 Å². The standard InChI is InChI=1S/C22H21N5O6/c1-2-14(13-9-15-18(24-10-13)26-22(23)27-20(15)31)11-3-5-12(6-4-11)19(30)25-16(21(32)33)7-8-17(28)29/h2-6,9-10,14,16H,1,7-8H2,(H,25,30)(H,28,29)(H,32,33)(H3,23,24,26,27,31)/t14?,16-/m0/s1. The van der Waals surface area contributed by atoms with Gasteiger partial charge in [0.25, 0.3) is 5.91 Å². The molecule has 2 atom stereocenters. The average Bonchev–Trinajstić information content (AvgIpc) is 2.77. The largest absolute Gasteiger partial charge is 0.493 e. The van der Waals surface area contributed by atoms with Gasteiger partial charge in [0, 0.05) is 24.1 Å². The van der Waals surface area contributed by atoms with Crippen molar-refractivity contribution < 1.29 is 29.7 Å². The summed E-state index contributed by atoms with van der Waals surface area (Å²) in [7, 11) is 0. The highest BCUT2D eigenvalue weighted by molar-refractivity contribution is 5.96. The number of anilines is 1. The molecule has 0 spiro atoms. The molecule has 3 aromatic rings. The number of carbonyl (C=O) groups is 3. The van der Waals surface area contributed by atoms with Gasteiger partial charge in [-0.25, -0.2) is 9.78 Å². The van der Waals surface area contributed by atoms with E-state index in [0.717, 1.165) is 5.56 Å². The highest BCUT2D eigenvalue weighted by Gasteiger charge is 2.22. The molecule has 1 unspecified atom stereocenters. The molecule has 0 saturated carbocycles. The third-order valence-corrected chi connectivity index (χ3v) is 4.95. The number of hydrogen-bond donors (Lipinski definition) is 5. The lowest BCUT2D eigenvalue weighted by Crippen LogP contribution is -2.41. The molecule has 0 aliphatic rings. The number of nitrogens with zero attached hydrogens (tertiary/aromatic N) is 3. The second-order valence-electron chi connectivity index (χ2n) is 7.18. The van der Waals surface area contributed by atoms with Crippen LogP contribution in [0, 0.1) is 0 Å². The maximum Gasteiger partial charge on any atom is 0.326 e. The molecule has 3 rings (SSSR count). The van der Waals surface area contributed by atoms with Gasteiger partial charge in [0.1, 0.15) is 6.04 Å². The number of amides is 1. The van der Waals surface area contributed by atoms with Crippen LogP contribution in [0.5, 0.6) is 5.88 Å². The molecule has 1 aromatic carbocycles. The first-order valence-corrected chi connectivity index (χ1v) is 9.79. The molecule has 2 heterocycles. The van der Waals surface area contributed by atoms with Crippen LogP contribution in [-0.4, -0.2) is 54.2 Å². The normalized spacial score (nSPS) is 12.6. The molecule has 170 valence electrons. The van der Waals surface area contributed by atoms with Crippen LogP contribution in [0.3, 0.4) is 0 Å². The Hall–Kier alpha value is -4.54. The van der Waals surface area contributed by atoms with E-state index in [-0.39, 0.29) is 41.8 Å². The van der Waals surface area contributed by atoms with Gasteiger partial charge >= 0.3 is 11.9 Å². The van der Waals surface area contributed by atoms with Crippen molar-refractivity contribution in [2.45, 2.75) is 24.8 Å².